The van der Waals surface area contributed by atoms with Gasteiger partial charge < -0.3 is 9.47 Å². The molecule has 6 heteroatoms. The van der Waals surface area contributed by atoms with E-state index in [9.17, 15) is 14.9 Å². The summed E-state index contributed by atoms with van der Waals surface area (Å²) < 4.78 is 9.76. The molecule has 0 spiro atoms. The normalized spacial score (nSPS) is 10.3. The largest absolute Gasteiger partial charge is 0.496 e. The fourth-order valence-electron chi connectivity index (χ4n) is 1.31. The highest BCUT2D eigenvalue weighted by Gasteiger charge is 2.09. The number of esters is 1. The van der Waals surface area contributed by atoms with Gasteiger partial charge in [-0.15, -0.1) is 0 Å². The van der Waals surface area contributed by atoms with Crippen molar-refractivity contribution in [2.24, 2.45) is 0 Å². The van der Waals surface area contributed by atoms with Crippen LogP contribution >= 0.6 is 0 Å². The van der Waals surface area contributed by atoms with Crippen molar-refractivity contribution in [3.8, 4) is 5.75 Å². The van der Waals surface area contributed by atoms with Crippen LogP contribution in [0.2, 0.25) is 0 Å². The average Bonchev–Trinajstić information content (AvgIpc) is 2.36. The molecule has 0 aliphatic heterocycles. The first-order valence-corrected chi connectivity index (χ1v) is 5.25. The summed E-state index contributed by atoms with van der Waals surface area (Å²) in [4.78, 5) is 21.3. The number of nitro benzene ring substituents is 1. The third-order valence-electron chi connectivity index (χ3n) is 2.11. The van der Waals surface area contributed by atoms with Crippen molar-refractivity contribution in [3.63, 3.8) is 0 Å². The third-order valence-corrected chi connectivity index (χ3v) is 2.11. The van der Waals surface area contributed by atoms with Gasteiger partial charge in [-0.1, -0.05) is 0 Å². The van der Waals surface area contributed by atoms with Crippen molar-refractivity contribution in [3.05, 3.63) is 40.0 Å². The SMILES string of the molecule is CCOC(=O)C=Cc1cc([N+](=O)[O-])ccc1OC. The van der Waals surface area contributed by atoms with Crippen LogP contribution < -0.4 is 4.74 Å². The number of ether oxygens (including phenoxy) is 2. The number of carbonyl (C=O) groups is 1. The molecule has 0 aliphatic carbocycles. The van der Waals surface area contributed by atoms with E-state index in [1.807, 2.05) is 0 Å². The van der Waals surface area contributed by atoms with Crippen molar-refractivity contribution >= 4 is 17.7 Å². The van der Waals surface area contributed by atoms with Crippen LogP contribution in [-0.2, 0) is 9.53 Å². The van der Waals surface area contributed by atoms with Crippen LogP contribution in [0.25, 0.3) is 6.08 Å². The zero-order valence-corrected chi connectivity index (χ0v) is 10.1. The Hall–Kier alpha value is -2.37. The molecule has 0 aromatic heterocycles. The number of rotatable bonds is 5. The number of carbonyl (C=O) groups excluding carboxylic acids is 1. The van der Waals surface area contributed by atoms with Crippen molar-refractivity contribution < 1.29 is 19.2 Å². The van der Waals surface area contributed by atoms with Gasteiger partial charge in [0.15, 0.2) is 0 Å². The molecule has 0 aliphatic rings. The lowest BCUT2D eigenvalue weighted by atomic mass is 10.1. The van der Waals surface area contributed by atoms with Gasteiger partial charge in [-0.05, 0) is 19.1 Å². The Morgan fingerprint density at radius 1 is 1.50 bits per heavy atom. The van der Waals surface area contributed by atoms with E-state index in [-0.39, 0.29) is 12.3 Å². The first-order chi connectivity index (χ1) is 8.58. The zero-order valence-electron chi connectivity index (χ0n) is 10.1. The summed E-state index contributed by atoms with van der Waals surface area (Å²) in [5.41, 5.74) is 0.374. The standard InChI is InChI=1S/C12H13NO5/c1-3-18-12(14)7-4-9-8-10(13(15)16)5-6-11(9)17-2/h4-8H,3H2,1-2H3. The molecule has 0 fully saturated rings. The van der Waals surface area contributed by atoms with Crippen molar-refractivity contribution in [1.82, 2.24) is 0 Å². The maximum absolute atomic E-state index is 11.2. The monoisotopic (exact) mass is 251 g/mol. The maximum Gasteiger partial charge on any atom is 0.330 e. The van der Waals surface area contributed by atoms with Crippen molar-refractivity contribution in [2.75, 3.05) is 13.7 Å². The highest BCUT2D eigenvalue weighted by molar-refractivity contribution is 5.87. The van der Waals surface area contributed by atoms with Gasteiger partial charge in [-0.25, -0.2) is 4.79 Å². The third kappa shape index (κ3) is 3.58. The number of nitro groups is 1. The molecule has 0 bridgehead atoms. The minimum absolute atomic E-state index is 0.0701. The van der Waals surface area contributed by atoms with Crippen LogP contribution in [0.3, 0.4) is 0 Å². The number of benzene rings is 1. The van der Waals surface area contributed by atoms with Crippen LogP contribution in [0, 0.1) is 10.1 Å². The molecular weight excluding hydrogens is 238 g/mol. The fraction of sp³-hybridized carbons (Fsp3) is 0.250. The lowest BCUT2D eigenvalue weighted by molar-refractivity contribution is -0.384. The number of methoxy groups -OCH3 is 1. The Bertz CT molecular complexity index is 481. The van der Waals surface area contributed by atoms with E-state index in [2.05, 4.69) is 0 Å². The lowest BCUT2D eigenvalue weighted by Crippen LogP contribution is -1.99. The first kappa shape index (κ1) is 13.7. The molecule has 0 N–H and O–H groups in total. The molecular formula is C12H13NO5. The smallest absolute Gasteiger partial charge is 0.330 e. The van der Waals surface area contributed by atoms with E-state index < -0.39 is 10.9 Å². The first-order valence-electron chi connectivity index (χ1n) is 5.25. The van der Waals surface area contributed by atoms with E-state index in [4.69, 9.17) is 9.47 Å². The summed E-state index contributed by atoms with van der Waals surface area (Å²) in [5, 5.41) is 10.6. The zero-order chi connectivity index (χ0) is 13.5. The molecule has 1 aromatic carbocycles. The Morgan fingerprint density at radius 2 is 2.22 bits per heavy atom. The molecule has 1 aromatic rings. The van der Waals surface area contributed by atoms with Gasteiger partial charge in [0, 0.05) is 23.8 Å². The quantitative estimate of drug-likeness (QED) is 0.347. The summed E-state index contributed by atoms with van der Waals surface area (Å²) in [7, 11) is 1.45. The fourth-order valence-corrected chi connectivity index (χ4v) is 1.31. The second kappa shape index (κ2) is 6.39. The minimum Gasteiger partial charge on any atom is -0.496 e. The van der Waals surface area contributed by atoms with E-state index in [0.717, 1.165) is 0 Å². The summed E-state index contributed by atoms with van der Waals surface area (Å²) in [5.74, 6) is -0.0628. The average molecular weight is 251 g/mol. The molecule has 0 atom stereocenters. The number of hydrogen-bond donors (Lipinski definition) is 0. The predicted molar refractivity (Wildman–Crippen MR) is 65.3 cm³/mol. The Kier molecular flexibility index (Phi) is 4.86. The second-order valence-electron chi connectivity index (χ2n) is 3.27. The molecule has 1 rings (SSSR count). The number of hydrogen-bond acceptors (Lipinski definition) is 5. The van der Waals surface area contributed by atoms with Crippen LogP contribution in [0.1, 0.15) is 12.5 Å². The van der Waals surface area contributed by atoms with Crippen LogP contribution in [0.5, 0.6) is 5.75 Å². The molecule has 0 saturated heterocycles. The van der Waals surface area contributed by atoms with Gasteiger partial charge >= 0.3 is 5.97 Å². The molecule has 0 radical (unpaired) electrons. The molecule has 0 heterocycles. The molecule has 0 saturated carbocycles. The van der Waals surface area contributed by atoms with Crippen LogP contribution in [0.15, 0.2) is 24.3 Å². The Labute approximate surface area is 104 Å². The van der Waals surface area contributed by atoms with Crippen molar-refractivity contribution in [2.45, 2.75) is 6.92 Å². The molecule has 6 nitrogen and oxygen atoms in total. The van der Waals surface area contributed by atoms with E-state index in [1.165, 1.54) is 37.5 Å². The predicted octanol–water partition coefficient (Wildman–Crippen LogP) is 2.18. The highest BCUT2D eigenvalue weighted by atomic mass is 16.6. The number of nitrogens with zero attached hydrogens (tertiary/aromatic N) is 1. The van der Waals surface area contributed by atoms with E-state index >= 15 is 0 Å². The van der Waals surface area contributed by atoms with Gasteiger partial charge in [0.1, 0.15) is 5.75 Å². The Balaban J connectivity index is 3.01. The van der Waals surface area contributed by atoms with Gasteiger partial charge in [0.25, 0.3) is 5.69 Å². The van der Waals surface area contributed by atoms with Gasteiger partial charge in [-0.2, -0.15) is 0 Å². The topological polar surface area (TPSA) is 78.7 Å². The summed E-state index contributed by atoms with van der Waals surface area (Å²) in [6.45, 7) is 1.97. The maximum atomic E-state index is 11.2. The summed E-state index contributed by atoms with van der Waals surface area (Å²) in [6.07, 6.45) is 2.62. The van der Waals surface area contributed by atoms with Crippen LogP contribution in [-0.4, -0.2) is 24.6 Å². The second-order valence-corrected chi connectivity index (χ2v) is 3.27. The Morgan fingerprint density at radius 3 is 2.78 bits per heavy atom. The van der Waals surface area contributed by atoms with Gasteiger partial charge in [0.2, 0.25) is 0 Å². The molecule has 0 amide bonds. The van der Waals surface area contributed by atoms with Crippen molar-refractivity contribution in [1.29, 1.82) is 0 Å². The van der Waals surface area contributed by atoms with E-state index in [0.29, 0.717) is 11.3 Å². The molecule has 96 valence electrons. The molecule has 18 heavy (non-hydrogen) atoms. The summed E-state index contributed by atoms with van der Waals surface area (Å²) >= 11 is 0. The minimum atomic E-state index is -0.513. The lowest BCUT2D eigenvalue weighted by Gasteiger charge is -2.04. The summed E-state index contributed by atoms with van der Waals surface area (Å²) in [6, 6.07) is 4.14. The van der Waals surface area contributed by atoms with Crippen LogP contribution in [0.4, 0.5) is 5.69 Å². The molecule has 0 unspecified atom stereocenters. The highest BCUT2D eigenvalue weighted by Crippen LogP contribution is 2.25. The van der Waals surface area contributed by atoms with Gasteiger partial charge in [0.05, 0.1) is 18.6 Å². The van der Waals surface area contributed by atoms with E-state index in [1.54, 1.807) is 6.92 Å². The number of non-ortho nitro benzene ring substituents is 1. The van der Waals surface area contributed by atoms with Gasteiger partial charge in [-0.3, -0.25) is 10.1 Å².